The van der Waals surface area contributed by atoms with Crippen molar-refractivity contribution in [2.45, 2.75) is 39.5 Å². The minimum absolute atomic E-state index is 0.0131. The number of rotatable bonds is 4. The number of hydrogen-bond acceptors (Lipinski definition) is 6. The summed E-state index contributed by atoms with van der Waals surface area (Å²) in [6.07, 6.45) is -1.06. The van der Waals surface area contributed by atoms with Crippen molar-refractivity contribution in [3.63, 3.8) is 0 Å². The van der Waals surface area contributed by atoms with Crippen molar-refractivity contribution in [3.8, 4) is 5.75 Å². The molecule has 0 aliphatic carbocycles. The molecule has 116 valence electrons. The predicted octanol–water partition coefficient (Wildman–Crippen LogP) is 1.87. The van der Waals surface area contributed by atoms with Crippen molar-refractivity contribution in [3.05, 3.63) is 29.8 Å². The summed E-state index contributed by atoms with van der Waals surface area (Å²) in [5, 5.41) is 9.35. The van der Waals surface area contributed by atoms with Crippen LogP contribution in [0.2, 0.25) is 0 Å². The van der Waals surface area contributed by atoms with Crippen LogP contribution in [0.15, 0.2) is 24.3 Å². The Kier molecular flexibility index (Phi) is 5.32. The van der Waals surface area contributed by atoms with Crippen LogP contribution in [-0.4, -0.2) is 22.6 Å². The Morgan fingerprint density at radius 1 is 1.24 bits per heavy atom. The van der Waals surface area contributed by atoms with Gasteiger partial charge in [0.1, 0.15) is 11.4 Å². The predicted molar refractivity (Wildman–Crippen MR) is 76.1 cm³/mol. The summed E-state index contributed by atoms with van der Waals surface area (Å²) in [6, 6.07) is 6.04. The van der Waals surface area contributed by atoms with Crippen molar-refractivity contribution in [2.75, 3.05) is 0 Å². The van der Waals surface area contributed by atoms with E-state index in [1.807, 2.05) is 0 Å². The first-order valence-corrected chi connectivity index (χ1v) is 6.58. The highest BCUT2D eigenvalue weighted by atomic mass is 16.6. The number of carbonyl (C=O) groups is 2. The second-order valence-electron chi connectivity index (χ2n) is 5.71. The molecule has 2 atom stereocenters. The molecule has 0 amide bonds. The molecule has 6 heteroatoms. The summed E-state index contributed by atoms with van der Waals surface area (Å²) in [5.41, 5.74) is 5.47. The van der Waals surface area contributed by atoms with Crippen LogP contribution in [0, 0.1) is 5.92 Å². The molecule has 3 N–H and O–H groups in total. The van der Waals surface area contributed by atoms with Crippen LogP contribution in [0.1, 0.15) is 39.5 Å². The summed E-state index contributed by atoms with van der Waals surface area (Å²) in [7, 11) is 0. The molecule has 0 heterocycles. The van der Waals surface area contributed by atoms with E-state index < -0.39 is 29.7 Å². The van der Waals surface area contributed by atoms with Crippen LogP contribution in [0.25, 0.3) is 0 Å². The molecular formula is C15H21NO5. The number of phenolic OH excluding ortho intramolecular Hbond substituents is 1. The van der Waals surface area contributed by atoms with E-state index in [4.69, 9.17) is 15.2 Å². The molecule has 6 nitrogen and oxygen atoms in total. The van der Waals surface area contributed by atoms with Crippen molar-refractivity contribution in [1.29, 1.82) is 0 Å². The van der Waals surface area contributed by atoms with E-state index in [0.717, 1.165) is 0 Å². The summed E-state index contributed by atoms with van der Waals surface area (Å²) >= 11 is 0. The molecule has 21 heavy (non-hydrogen) atoms. The molecule has 0 aromatic heterocycles. The van der Waals surface area contributed by atoms with Gasteiger partial charge in [-0.05, 0) is 39.8 Å². The third kappa shape index (κ3) is 5.43. The highest BCUT2D eigenvalue weighted by Crippen LogP contribution is 2.19. The second-order valence-corrected chi connectivity index (χ2v) is 5.71. The fraction of sp³-hybridized carbons (Fsp3) is 0.467. The first-order valence-electron chi connectivity index (χ1n) is 6.58. The second kappa shape index (κ2) is 6.58. The third-order valence-corrected chi connectivity index (χ3v) is 2.56. The molecule has 0 bridgehead atoms. The Labute approximate surface area is 123 Å². The lowest BCUT2D eigenvalue weighted by Gasteiger charge is -2.22. The van der Waals surface area contributed by atoms with Gasteiger partial charge in [0.15, 0.2) is 12.1 Å². The third-order valence-electron chi connectivity index (χ3n) is 2.56. The molecule has 0 saturated heterocycles. The molecule has 1 aromatic rings. The van der Waals surface area contributed by atoms with Crippen LogP contribution >= 0.6 is 0 Å². The Morgan fingerprint density at radius 2 is 1.86 bits per heavy atom. The van der Waals surface area contributed by atoms with Gasteiger partial charge in [-0.2, -0.15) is 0 Å². The summed E-state index contributed by atoms with van der Waals surface area (Å²) in [6.45, 7) is 6.52. The average molecular weight is 295 g/mol. The van der Waals surface area contributed by atoms with Gasteiger partial charge in [-0.25, -0.2) is 0 Å². The maximum atomic E-state index is 11.9. The molecule has 2 unspecified atom stereocenters. The molecule has 1 aromatic carbocycles. The van der Waals surface area contributed by atoms with Gasteiger partial charge >= 0.3 is 11.9 Å². The van der Waals surface area contributed by atoms with Crippen molar-refractivity contribution in [2.24, 2.45) is 11.7 Å². The SMILES string of the molecule is CC(C(=O)OC(N)c1cccc(O)c1)C(=O)OC(C)(C)C. The lowest BCUT2D eigenvalue weighted by molar-refractivity contribution is -0.170. The number of esters is 2. The maximum Gasteiger partial charge on any atom is 0.321 e. The normalized spacial score (nSPS) is 14.1. The number of ether oxygens (including phenoxy) is 2. The topological polar surface area (TPSA) is 98.9 Å². The zero-order valence-corrected chi connectivity index (χ0v) is 12.6. The quantitative estimate of drug-likeness (QED) is 0.500. The fourth-order valence-corrected chi connectivity index (χ4v) is 1.48. The Bertz CT molecular complexity index is 521. The van der Waals surface area contributed by atoms with Gasteiger partial charge in [0.05, 0.1) is 0 Å². The zero-order valence-electron chi connectivity index (χ0n) is 12.6. The highest BCUT2D eigenvalue weighted by molar-refractivity contribution is 5.94. The van der Waals surface area contributed by atoms with Gasteiger partial charge < -0.3 is 14.6 Å². The van der Waals surface area contributed by atoms with E-state index in [2.05, 4.69) is 0 Å². The van der Waals surface area contributed by atoms with Crippen LogP contribution in [0.4, 0.5) is 0 Å². The minimum atomic E-state index is -1.08. The van der Waals surface area contributed by atoms with Gasteiger partial charge in [0.25, 0.3) is 0 Å². The van der Waals surface area contributed by atoms with Crippen LogP contribution in [0.3, 0.4) is 0 Å². The number of hydrogen-bond donors (Lipinski definition) is 2. The number of phenols is 1. The van der Waals surface area contributed by atoms with Gasteiger partial charge in [0.2, 0.25) is 0 Å². The molecule has 0 saturated carbocycles. The van der Waals surface area contributed by atoms with Crippen LogP contribution < -0.4 is 5.73 Å². The number of nitrogens with two attached hydrogens (primary N) is 1. The molecule has 0 radical (unpaired) electrons. The summed E-state index contributed by atoms with van der Waals surface area (Å²) in [5.74, 6) is -2.51. The van der Waals surface area contributed by atoms with E-state index in [-0.39, 0.29) is 5.75 Å². The lowest BCUT2D eigenvalue weighted by Crippen LogP contribution is -2.33. The summed E-state index contributed by atoms with van der Waals surface area (Å²) in [4.78, 5) is 23.6. The Hall–Kier alpha value is -2.08. The van der Waals surface area contributed by atoms with Gasteiger partial charge in [0, 0.05) is 5.56 Å². The first-order chi connectivity index (χ1) is 9.60. The monoisotopic (exact) mass is 295 g/mol. The largest absolute Gasteiger partial charge is 0.508 e. The smallest absolute Gasteiger partial charge is 0.321 e. The Balaban J connectivity index is 2.66. The standard InChI is InChI=1S/C15H21NO5/c1-9(14(19)21-15(2,3)4)13(18)20-12(16)10-6-5-7-11(17)8-10/h5-9,12,17H,16H2,1-4H3. The van der Waals surface area contributed by atoms with Crippen LogP contribution in [-0.2, 0) is 19.1 Å². The van der Waals surface area contributed by atoms with E-state index in [9.17, 15) is 14.7 Å². The molecule has 0 aliphatic heterocycles. The maximum absolute atomic E-state index is 11.9. The van der Waals surface area contributed by atoms with Crippen molar-refractivity contribution < 1.29 is 24.2 Å². The van der Waals surface area contributed by atoms with Crippen molar-refractivity contribution in [1.82, 2.24) is 0 Å². The molecule has 0 spiro atoms. The average Bonchev–Trinajstić information content (AvgIpc) is 2.35. The minimum Gasteiger partial charge on any atom is -0.508 e. The number of benzene rings is 1. The summed E-state index contributed by atoms with van der Waals surface area (Å²) < 4.78 is 10.1. The van der Waals surface area contributed by atoms with Crippen LogP contribution in [0.5, 0.6) is 5.75 Å². The zero-order chi connectivity index (χ0) is 16.2. The van der Waals surface area contributed by atoms with Gasteiger partial charge in [-0.3, -0.25) is 15.3 Å². The number of carbonyl (C=O) groups excluding carboxylic acids is 2. The Morgan fingerprint density at radius 3 is 2.38 bits per heavy atom. The highest BCUT2D eigenvalue weighted by Gasteiger charge is 2.29. The molecular weight excluding hydrogens is 274 g/mol. The lowest BCUT2D eigenvalue weighted by atomic mass is 10.1. The first kappa shape index (κ1) is 17.0. The molecule has 1 rings (SSSR count). The van der Waals surface area contributed by atoms with E-state index >= 15 is 0 Å². The van der Waals surface area contributed by atoms with Gasteiger partial charge in [-0.1, -0.05) is 12.1 Å². The van der Waals surface area contributed by atoms with E-state index in [1.54, 1.807) is 32.9 Å². The van der Waals surface area contributed by atoms with E-state index in [0.29, 0.717) is 5.56 Å². The van der Waals surface area contributed by atoms with E-state index in [1.165, 1.54) is 19.1 Å². The molecule has 0 fully saturated rings. The number of aromatic hydroxyl groups is 1. The molecule has 0 aliphatic rings. The van der Waals surface area contributed by atoms with Crippen molar-refractivity contribution >= 4 is 11.9 Å². The fourth-order valence-electron chi connectivity index (χ4n) is 1.48. The van der Waals surface area contributed by atoms with Gasteiger partial charge in [-0.15, -0.1) is 0 Å².